The highest BCUT2D eigenvalue weighted by Crippen LogP contribution is 2.38. The number of aromatic nitrogens is 2. The molecule has 1 aliphatic heterocycles. The molecule has 0 radical (unpaired) electrons. The fourth-order valence-corrected chi connectivity index (χ4v) is 3.48. The molecule has 2 heterocycles. The topological polar surface area (TPSA) is 226 Å². The Kier molecular flexibility index (Phi) is 10.1. The Bertz CT molecular complexity index is 987. The molecule has 2 unspecified atom stereocenters. The summed E-state index contributed by atoms with van der Waals surface area (Å²) in [6.07, 6.45) is 0.754. The van der Waals surface area contributed by atoms with Crippen LogP contribution in [0.4, 0.5) is 0 Å². The quantitative estimate of drug-likeness (QED) is 0.0951. The Balaban J connectivity index is 2.06. The molecule has 0 spiro atoms. The fraction of sp³-hybridized carbons (Fsp3) is 0.611. The van der Waals surface area contributed by atoms with E-state index in [0.29, 0.717) is 13.1 Å². The lowest BCUT2D eigenvalue weighted by atomic mass is 10.1. The Morgan fingerprint density at radius 1 is 1.24 bits per heavy atom. The summed E-state index contributed by atoms with van der Waals surface area (Å²) < 4.78 is 21.2. The maximum atomic E-state index is 12.2. The second-order valence-corrected chi connectivity index (χ2v) is 8.65. The minimum atomic E-state index is -4.86. The lowest BCUT2D eigenvalue weighted by Crippen LogP contribution is -2.38. The molecule has 186 valence electrons. The van der Waals surface area contributed by atoms with Gasteiger partial charge in [-0.1, -0.05) is 12.8 Å². The Labute approximate surface area is 188 Å². The Morgan fingerprint density at radius 3 is 2.61 bits per heavy atom. The van der Waals surface area contributed by atoms with Crippen molar-refractivity contribution in [2.45, 2.75) is 50.2 Å². The van der Waals surface area contributed by atoms with Crippen LogP contribution in [0.15, 0.2) is 21.9 Å². The molecule has 1 fully saturated rings. The predicted molar refractivity (Wildman–Crippen MR) is 115 cm³/mol. The minimum absolute atomic E-state index is 0.104. The molecule has 1 aromatic rings. The Hall–Kier alpha value is -2.16. The van der Waals surface area contributed by atoms with E-state index in [1.165, 1.54) is 6.08 Å². The minimum Gasteiger partial charge on any atom is -0.387 e. The SMILES string of the molecule is NCCCCCCNC(=O)/C=C/c1cn(C2O[C@H](COP(=O)(O)O)[C@H](O)C2O)c(=O)[nH]c1=O. The van der Waals surface area contributed by atoms with Gasteiger partial charge in [-0.2, -0.15) is 0 Å². The highest BCUT2D eigenvalue weighted by Gasteiger charge is 2.45. The van der Waals surface area contributed by atoms with Gasteiger partial charge in [0.1, 0.15) is 18.3 Å². The first-order valence-electron chi connectivity index (χ1n) is 10.3. The van der Waals surface area contributed by atoms with E-state index in [-0.39, 0.29) is 5.56 Å². The number of amides is 1. The highest BCUT2D eigenvalue weighted by atomic mass is 31.2. The molecule has 33 heavy (non-hydrogen) atoms. The molecular formula is C18H29N4O10P. The predicted octanol–water partition coefficient (Wildman–Crippen LogP) is -2.09. The van der Waals surface area contributed by atoms with Crippen LogP contribution in [0.3, 0.4) is 0 Å². The number of ether oxygens (including phenoxy) is 1. The normalized spacial score (nSPS) is 23.3. The number of H-pyrrole nitrogens is 1. The largest absolute Gasteiger partial charge is 0.469 e. The fourth-order valence-electron chi connectivity index (χ4n) is 3.13. The molecule has 4 atom stereocenters. The summed E-state index contributed by atoms with van der Waals surface area (Å²) in [6.45, 7) is 0.313. The number of nitrogens with zero attached hydrogens (tertiary/aromatic N) is 1. The van der Waals surface area contributed by atoms with Gasteiger partial charge in [0.15, 0.2) is 6.23 Å². The van der Waals surface area contributed by atoms with Crippen LogP contribution in [-0.4, -0.2) is 73.5 Å². The lowest BCUT2D eigenvalue weighted by molar-refractivity contribution is -0.116. The number of rotatable bonds is 12. The summed E-state index contributed by atoms with van der Waals surface area (Å²) in [5, 5.41) is 22.9. The van der Waals surface area contributed by atoms with Crippen molar-refractivity contribution in [1.29, 1.82) is 0 Å². The zero-order valence-corrected chi connectivity index (χ0v) is 18.6. The van der Waals surface area contributed by atoms with Gasteiger partial charge in [-0.3, -0.25) is 23.7 Å². The van der Waals surface area contributed by atoms with Crippen molar-refractivity contribution < 1.29 is 38.6 Å². The van der Waals surface area contributed by atoms with Gasteiger partial charge < -0.3 is 35.8 Å². The monoisotopic (exact) mass is 492 g/mol. The molecule has 14 nitrogen and oxygen atoms in total. The number of nitrogens with two attached hydrogens (primary N) is 1. The van der Waals surface area contributed by atoms with Gasteiger partial charge in [-0.05, 0) is 25.5 Å². The number of aliphatic hydroxyl groups excluding tert-OH is 2. The van der Waals surface area contributed by atoms with E-state index in [1.54, 1.807) is 0 Å². The van der Waals surface area contributed by atoms with Crippen LogP contribution in [-0.2, 0) is 18.6 Å². The number of aromatic amines is 1. The molecule has 1 saturated heterocycles. The number of unbranched alkanes of at least 4 members (excludes halogenated alkanes) is 3. The third-order valence-electron chi connectivity index (χ3n) is 4.86. The number of carbonyl (C=O) groups excluding carboxylic acids is 1. The first-order chi connectivity index (χ1) is 15.5. The van der Waals surface area contributed by atoms with Crippen molar-refractivity contribution in [1.82, 2.24) is 14.9 Å². The standard InChI is InChI=1S/C18H29N4O10P/c19-7-3-1-2-4-8-20-13(23)6-5-11-9-22(18(27)21-16(11)26)17-15(25)14(24)12(32-17)10-31-33(28,29)30/h5-6,9,12,14-15,17,24-25H,1-4,7-8,10,19H2,(H,20,23)(H,21,26,27)(H2,28,29,30)/b6-5+/t12-,14+,15?,17?/m1/s1. The zero-order valence-electron chi connectivity index (χ0n) is 17.7. The van der Waals surface area contributed by atoms with Crippen LogP contribution >= 0.6 is 7.82 Å². The first-order valence-corrected chi connectivity index (χ1v) is 11.8. The summed E-state index contributed by atoms with van der Waals surface area (Å²) >= 11 is 0. The van der Waals surface area contributed by atoms with E-state index < -0.39 is 56.1 Å². The third-order valence-corrected chi connectivity index (χ3v) is 5.34. The average molecular weight is 492 g/mol. The van der Waals surface area contributed by atoms with Crippen LogP contribution in [0.25, 0.3) is 6.08 Å². The summed E-state index contributed by atoms with van der Waals surface area (Å²) in [5.41, 5.74) is 3.55. The Morgan fingerprint density at radius 2 is 1.94 bits per heavy atom. The van der Waals surface area contributed by atoms with Gasteiger partial charge in [-0.15, -0.1) is 0 Å². The van der Waals surface area contributed by atoms with Crippen molar-refractivity contribution in [3.05, 3.63) is 38.7 Å². The second kappa shape index (κ2) is 12.3. The van der Waals surface area contributed by atoms with Crippen LogP contribution in [0, 0.1) is 0 Å². The molecule has 0 aromatic carbocycles. The molecule has 8 N–H and O–H groups in total. The van der Waals surface area contributed by atoms with Crippen molar-refractivity contribution in [2.75, 3.05) is 19.7 Å². The summed E-state index contributed by atoms with van der Waals surface area (Å²) in [7, 11) is -4.86. The molecule has 15 heteroatoms. The number of nitrogens with one attached hydrogen (secondary N) is 2. The molecule has 0 saturated carbocycles. The van der Waals surface area contributed by atoms with Gasteiger partial charge in [-0.25, -0.2) is 9.36 Å². The van der Waals surface area contributed by atoms with Crippen LogP contribution < -0.4 is 22.3 Å². The number of phosphoric acid groups is 1. The van der Waals surface area contributed by atoms with Crippen molar-refractivity contribution in [2.24, 2.45) is 5.73 Å². The van der Waals surface area contributed by atoms with E-state index in [1.807, 2.05) is 4.98 Å². The van der Waals surface area contributed by atoms with E-state index >= 15 is 0 Å². The second-order valence-electron chi connectivity index (χ2n) is 7.41. The molecule has 0 bridgehead atoms. The molecule has 1 amide bonds. The molecular weight excluding hydrogens is 463 g/mol. The van der Waals surface area contributed by atoms with E-state index in [2.05, 4.69) is 9.84 Å². The van der Waals surface area contributed by atoms with Crippen LogP contribution in [0.1, 0.15) is 37.5 Å². The first kappa shape index (κ1) is 27.1. The van der Waals surface area contributed by atoms with Gasteiger partial charge in [0.2, 0.25) is 5.91 Å². The highest BCUT2D eigenvalue weighted by molar-refractivity contribution is 7.46. The van der Waals surface area contributed by atoms with E-state index in [0.717, 1.165) is 42.5 Å². The number of carbonyl (C=O) groups is 1. The van der Waals surface area contributed by atoms with E-state index in [4.69, 9.17) is 20.3 Å². The maximum absolute atomic E-state index is 12.2. The van der Waals surface area contributed by atoms with Crippen molar-refractivity contribution >= 4 is 19.8 Å². The smallest absolute Gasteiger partial charge is 0.387 e. The molecule has 2 rings (SSSR count). The van der Waals surface area contributed by atoms with Crippen molar-refractivity contribution in [3.8, 4) is 0 Å². The van der Waals surface area contributed by atoms with Crippen LogP contribution in [0.5, 0.6) is 0 Å². The maximum Gasteiger partial charge on any atom is 0.469 e. The lowest BCUT2D eigenvalue weighted by Gasteiger charge is -2.17. The average Bonchev–Trinajstić information content (AvgIpc) is 3.02. The van der Waals surface area contributed by atoms with Crippen LogP contribution in [0.2, 0.25) is 0 Å². The van der Waals surface area contributed by atoms with Gasteiger partial charge in [0, 0.05) is 18.8 Å². The van der Waals surface area contributed by atoms with Gasteiger partial charge in [0.05, 0.1) is 12.2 Å². The number of hydrogen-bond acceptors (Lipinski definition) is 9. The van der Waals surface area contributed by atoms with Gasteiger partial charge in [0.25, 0.3) is 5.56 Å². The summed E-state index contributed by atoms with van der Waals surface area (Å²) in [6, 6.07) is 0. The molecule has 0 aliphatic carbocycles. The van der Waals surface area contributed by atoms with Crippen molar-refractivity contribution in [3.63, 3.8) is 0 Å². The molecule has 1 aromatic heterocycles. The summed E-state index contributed by atoms with van der Waals surface area (Å²) in [5.74, 6) is -0.451. The number of hydrogen-bond donors (Lipinski definition) is 7. The van der Waals surface area contributed by atoms with E-state index in [9.17, 15) is 29.2 Å². The third kappa shape index (κ3) is 8.28. The summed E-state index contributed by atoms with van der Waals surface area (Å²) in [4.78, 5) is 55.8. The molecule has 1 aliphatic rings. The zero-order chi connectivity index (χ0) is 24.6. The number of aliphatic hydroxyl groups is 2. The number of phosphoric ester groups is 1. The van der Waals surface area contributed by atoms with Gasteiger partial charge >= 0.3 is 13.5 Å².